The van der Waals surface area contributed by atoms with Crippen molar-refractivity contribution in [1.29, 1.82) is 0 Å². The van der Waals surface area contributed by atoms with E-state index in [9.17, 15) is 14.4 Å². The summed E-state index contributed by atoms with van der Waals surface area (Å²) in [4.78, 5) is 33.2. The Morgan fingerprint density at radius 1 is 1.33 bits per heavy atom. The topological polar surface area (TPSA) is 109 Å². The second-order valence-electron chi connectivity index (χ2n) is 3.93. The van der Waals surface area contributed by atoms with Crippen LogP contribution >= 0.6 is 0 Å². The molecule has 1 atom stereocenters. The van der Waals surface area contributed by atoms with Gasteiger partial charge >= 0.3 is 5.97 Å². The van der Waals surface area contributed by atoms with Crippen molar-refractivity contribution in [2.75, 3.05) is 0 Å². The van der Waals surface area contributed by atoms with Crippen molar-refractivity contribution >= 4 is 17.8 Å². The Labute approximate surface area is 104 Å². The van der Waals surface area contributed by atoms with Gasteiger partial charge in [0.05, 0.1) is 5.56 Å². The van der Waals surface area contributed by atoms with Gasteiger partial charge in [-0.1, -0.05) is 6.07 Å². The molecule has 0 heterocycles. The number of benzene rings is 1. The summed E-state index contributed by atoms with van der Waals surface area (Å²) in [5.74, 6) is -2.05. The number of hydrogen-bond donors (Lipinski definition) is 3. The molecule has 0 aliphatic heterocycles. The number of aromatic carboxylic acids is 1. The minimum Gasteiger partial charge on any atom is -0.478 e. The third-order valence-electron chi connectivity index (χ3n) is 2.26. The summed E-state index contributed by atoms with van der Waals surface area (Å²) in [6.07, 6.45) is 0.0321. The number of primary amides is 1. The molecule has 0 saturated carbocycles. The van der Waals surface area contributed by atoms with Gasteiger partial charge in [0.15, 0.2) is 0 Å². The molecule has 2 amide bonds. The van der Waals surface area contributed by atoms with E-state index < -0.39 is 23.8 Å². The lowest BCUT2D eigenvalue weighted by molar-refractivity contribution is -0.118. The van der Waals surface area contributed by atoms with Gasteiger partial charge in [0.2, 0.25) is 5.91 Å². The van der Waals surface area contributed by atoms with Crippen LogP contribution in [0.5, 0.6) is 0 Å². The largest absolute Gasteiger partial charge is 0.478 e. The van der Waals surface area contributed by atoms with E-state index in [0.29, 0.717) is 0 Å². The van der Waals surface area contributed by atoms with Crippen molar-refractivity contribution in [1.82, 2.24) is 5.32 Å². The molecule has 1 rings (SSSR count). The number of amides is 2. The van der Waals surface area contributed by atoms with E-state index in [4.69, 9.17) is 10.8 Å². The lowest BCUT2D eigenvalue weighted by atomic mass is 10.1. The van der Waals surface area contributed by atoms with Gasteiger partial charge in [-0.3, -0.25) is 9.59 Å². The van der Waals surface area contributed by atoms with Crippen LogP contribution in [-0.4, -0.2) is 28.9 Å². The lowest BCUT2D eigenvalue weighted by Gasteiger charge is -2.12. The quantitative estimate of drug-likeness (QED) is 0.701. The molecule has 0 spiro atoms. The molecule has 0 aromatic heterocycles. The van der Waals surface area contributed by atoms with Gasteiger partial charge in [0.25, 0.3) is 5.91 Å². The maximum absolute atomic E-state index is 11.8. The van der Waals surface area contributed by atoms with Crippen molar-refractivity contribution in [2.45, 2.75) is 19.4 Å². The fourth-order valence-corrected chi connectivity index (χ4v) is 1.45. The Morgan fingerprint density at radius 3 is 2.50 bits per heavy atom. The van der Waals surface area contributed by atoms with Crippen molar-refractivity contribution in [3.05, 3.63) is 35.4 Å². The number of hydrogen-bond acceptors (Lipinski definition) is 3. The molecule has 1 aromatic rings. The maximum Gasteiger partial charge on any atom is 0.335 e. The standard InChI is InChI=1S/C12H14N2O4/c1-7(5-10(13)15)14-11(16)8-3-2-4-9(6-8)12(17)18/h2-4,6-7H,5H2,1H3,(H2,13,15)(H,14,16)(H,17,18). The summed E-state index contributed by atoms with van der Waals surface area (Å²) >= 11 is 0. The highest BCUT2D eigenvalue weighted by Crippen LogP contribution is 2.06. The zero-order chi connectivity index (χ0) is 13.7. The van der Waals surface area contributed by atoms with Gasteiger partial charge in [0, 0.05) is 18.0 Å². The minimum absolute atomic E-state index is 0.0321. The highest BCUT2D eigenvalue weighted by molar-refractivity contribution is 5.97. The van der Waals surface area contributed by atoms with Gasteiger partial charge in [0.1, 0.15) is 0 Å². The van der Waals surface area contributed by atoms with E-state index in [0.717, 1.165) is 0 Å². The van der Waals surface area contributed by atoms with Crippen LogP contribution in [0.2, 0.25) is 0 Å². The molecule has 1 aromatic carbocycles. The Kier molecular flexibility index (Phi) is 4.42. The number of carbonyl (C=O) groups is 3. The predicted octanol–water partition coefficient (Wildman–Crippen LogP) is 0.378. The Hall–Kier alpha value is -2.37. The maximum atomic E-state index is 11.8. The van der Waals surface area contributed by atoms with Gasteiger partial charge in [-0.2, -0.15) is 0 Å². The van der Waals surface area contributed by atoms with Crippen LogP contribution < -0.4 is 11.1 Å². The molecule has 6 heteroatoms. The fourth-order valence-electron chi connectivity index (χ4n) is 1.45. The van der Waals surface area contributed by atoms with Crippen molar-refractivity contribution in [3.8, 4) is 0 Å². The first kappa shape index (κ1) is 13.7. The Bertz CT molecular complexity index is 485. The minimum atomic E-state index is -1.10. The van der Waals surface area contributed by atoms with Crippen molar-refractivity contribution in [3.63, 3.8) is 0 Å². The van der Waals surface area contributed by atoms with E-state index >= 15 is 0 Å². The lowest BCUT2D eigenvalue weighted by Crippen LogP contribution is -2.35. The van der Waals surface area contributed by atoms with Crippen LogP contribution in [0.1, 0.15) is 34.1 Å². The fraction of sp³-hybridized carbons (Fsp3) is 0.250. The third kappa shape index (κ3) is 3.89. The molecular weight excluding hydrogens is 236 g/mol. The molecule has 0 aliphatic rings. The third-order valence-corrected chi connectivity index (χ3v) is 2.26. The first-order valence-electron chi connectivity index (χ1n) is 5.32. The van der Waals surface area contributed by atoms with E-state index in [1.54, 1.807) is 6.92 Å². The van der Waals surface area contributed by atoms with E-state index in [1.807, 2.05) is 0 Å². The molecule has 0 saturated heterocycles. The zero-order valence-electron chi connectivity index (χ0n) is 9.84. The number of nitrogens with one attached hydrogen (secondary N) is 1. The highest BCUT2D eigenvalue weighted by atomic mass is 16.4. The highest BCUT2D eigenvalue weighted by Gasteiger charge is 2.13. The second-order valence-corrected chi connectivity index (χ2v) is 3.93. The molecule has 0 radical (unpaired) electrons. The number of rotatable bonds is 5. The smallest absolute Gasteiger partial charge is 0.335 e. The van der Waals surface area contributed by atoms with E-state index in [2.05, 4.69) is 5.32 Å². The number of carboxylic acids is 1. The van der Waals surface area contributed by atoms with Crippen LogP contribution in [0.3, 0.4) is 0 Å². The van der Waals surface area contributed by atoms with Crippen molar-refractivity contribution < 1.29 is 19.5 Å². The van der Waals surface area contributed by atoms with Crippen LogP contribution in [0.4, 0.5) is 0 Å². The van der Waals surface area contributed by atoms with Crippen LogP contribution in [0.15, 0.2) is 24.3 Å². The number of carbonyl (C=O) groups excluding carboxylic acids is 2. The summed E-state index contributed by atoms with van der Waals surface area (Å²) in [6.45, 7) is 1.64. The van der Waals surface area contributed by atoms with Crippen molar-refractivity contribution in [2.24, 2.45) is 5.73 Å². The summed E-state index contributed by atoms with van der Waals surface area (Å²) in [6, 6.07) is 5.25. The molecule has 0 aliphatic carbocycles. The normalized spacial score (nSPS) is 11.6. The summed E-state index contributed by atoms with van der Waals surface area (Å²) in [7, 11) is 0. The van der Waals surface area contributed by atoms with Gasteiger partial charge in [-0.05, 0) is 25.1 Å². The molecule has 0 bridgehead atoms. The average molecular weight is 250 g/mol. The monoisotopic (exact) mass is 250 g/mol. The molecule has 1 unspecified atom stereocenters. The van der Waals surface area contributed by atoms with E-state index in [1.165, 1.54) is 24.3 Å². The molecule has 4 N–H and O–H groups in total. The van der Waals surface area contributed by atoms with Crippen LogP contribution in [0.25, 0.3) is 0 Å². The summed E-state index contributed by atoms with van der Waals surface area (Å²) < 4.78 is 0. The second kappa shape index (κ2) is 5.81. The SMILES string of the molecule is CC(CC(N)=O)NC(=O)c1cccc(C(=O)O)c1. The first-order valence-corrected chi connectivity index (χ1v) is 5.32. The summed E-state index contributed by atoms with van der Waals surface area (Å²) in [5, 5.41) is 11.4. The molecule has 6 nitrogen and oxygen atoms in total. The molecule has 18 heavy (non-hydrogen) atoms. The molecule has 0 fully saturated rings. The van der Waals surface area contributed by atoms with Gasteiger partial charge in [-0.15, -0.1) is 0 Å². The Balaban J connectivity index is 2.75. The van der Waals surface area contributed by atoms with Crippen LogP contribution in [0, 0.1) is 0 Å². The van der Waals surface area contributed by atoms with E-state index in [-0.39, 0.29) is 17.5 Å². The zero-order valence-corrected chi connectivity index (χ0v) is 9.84. The Morgan fingerprint density at radius 2 is 1.94 bits per heavy atom. The van der Waals surface area contributed by atoms with Crippen LogP contribution in [-0.2, 0) is 4.79 Å². The van der Waals surface area contributed by atoms with Gasteiger partial charge < -0.3 is 16.2 Å². The molecular formula is C12H14N2O4. The molecule has 96 valence electrons. The average Bonchev–Trinajstić information content (AvgIpc) is 2.27. The predicted molar refractivity (Wildman–Crippen MR) is 64.1 cm³/mol. The van der Waals surface area contributed by atoms with Gasteiger partial charge in [-0.25, -0.2) is 4.79 Å². The number of nitrogens with two attached hydrogens (primary N) is 1. The summed E-state index contributed by atoms with van der Waals surface area (Å²) in [5.41, 5.74) is 5.26. The first-order chi connectivity index (χ1) is 8.40. The number of carboxylic acid groups (broad SMARTS) is 1.